The molecule has 2 bridgehead atoms. The van der Waals surface area contributed by atoms with Crippen LogP contribution in [0.5, 0.6) is 0 Å². The second-order valence-electron chi connectivity index (χ2n) is 11.4. The van der Waals surface area contributed by atoms with Gasteiger partial charge in [-0.3, -0.25) is 9.59 Å². The summed E-state index contributed by atoms with van der Waals surface area (Å²) < 4.78 is 0. The van der Waals surface area contributed by atoms with Crippen LogP contribution in [0.4, 0.5) is 0 Å². The van der Waals surface area contributed by atoms with E-state index in [1.54, 1.807) is 0 Å². The summed E-state index contributed by atoms with van der Waals surface area (Å²) >= 11 is 0. The van der Waals surface area contributed by atoms with Gasteiger partial charge in [0.05, 0.1) is 5.92 Å². The van der Waals surface area contributed by atoms with E-state index in [1.165, 1.54) is 6.42 Å². The van der Waals surface area contributed by atoms with E-state index in [0.29, 0.717) is 24.2 Å². The van der Waals surface area contributed by atoms with Gasteiger partial charge in [0.2, 0.25) is 11.8 Å². The first-order valence-electron chi connectivity index (χ1n) is 14.6. The van der Waals surface area contributed by atoms with Crippen molar-refractivity contribution in [3.05, 3.63) is 12.2 Å². The Bertz CT molecular complexity index is 642. The lowest BCUT2D eigenvalue weighted by Gasteiger charge is -2.43. The molecule has 1 saturated carbocycles. The maximum atomic E-state index is 14.3. The van der Waals surface area contributed by atoms with Crippen LogP contribution < -0.4 is 0 Å². The van der Waals surface area contributed by atoms with Gasteiger partial charge in [0.15, 0.2) is 0 Å². The second kappa shape index (κ2) is 14.3. The Morgan fingerprint density at radius 3 is 1.79 bits per heavy atom. The third-order valence-corrected chi connectivity index (χ3v) is 8.46. The average Bonchev–Trinajstić information content (AvgIpc) is 3.42. The van der Waals surface area contributed by atoms with Gasteiger partial charge < -0.3 is 9.80 Å². The van der Waals surface area contributed by atoms with E-state index in [-0.39, 0.29) is 23.1 Å². The van der Waals surface area contributed by atoms with Gasteiger partial charge in [0.25, 0.3) is 0 Å². The average molecular weight is 475 g/mol. The van der Waals surface area contributed by atoms with Crippen LogP contribution in [-0.4, -0.2) is 47.8 Å². The molecule has 4 atom stereocenters. The lowest BCUT2D eigenvalue weighted by atomic mass is 9.63. The number of hydrogen-bond acceptors (Lipinski definition) is 2. The summed E-state index contributed by atoms with van der Waals surface area (Å²) in [6.45, 7) is 16.7. The van der Waals surface area contributed by atoms with Crippen LogP contribution in [-0.2, 0) is 9.59 Å². The van der Waals surface area contributed by atoms with Gasteiger partial charge in [-0.2, -0.15) is 0 Å². The first-order valence-corrected chi connectivity index (χ1v) is 14.6. The van der Waals surface area contributed by atoms with Gasteiger partial charge in [-0.1, -0.05) is 79.4 Å². The normalized spacial score (nSPS) is 24.1. The third-order valence-electron chi connectivity index (χ3n) is 8.46. The van der Waals surface area contributed by atoms with Crippen molar-refractivity contribution in [2.24, 2.45) is 29.1 Å². The predicted molar refractivity (Wildman–Crippen MR) is 144 cm³/mol. The van der Waals surface area contributed by atoms with Gasteiger partial charge in [0, 0.05) is 38.0 Å². The maximum absolute atomic E-state index is 14.3. The molecule has 4 nitrogen and oxygen atoms in total. The van der Waals surface area contributed by atoms with Crippen molar-refractivity contribution in [2.45, 2.75) is 112 Å². The summed E-state index contributed by atoms with van der Waals surface area (Å²) in [4.78, 5) is 32.3. The van der Waals surface area contributed by atoms with E-state index in [9.17, 15) is 9.59 Å². The molecule has 0 N–H and O–H groups in total. The van der Waals surface area contributed by atoms with Crippen molar-refractivity contribution in [1.29, 1.82) is 0 Å². The molecule has 2 rings (SSSR count). The molecule has 196 valence electrons. The van der Waals surface area contributed by atoms with Crippen molar-refractivity contribution >= 4 is 11.8 Å². The first-order chi connectivity index (χ1) is 16.3. The summed E-state index contributed by atoms with van der Waals surface area (Å²) in [7, 11) is 0. The molecule has 0 aromatic heterocycles. The largest absolute Gasteiger partial charge is 0.343 e. The zero-order valence-electron chi connectivity index (χ0n) is 23.3. The molecule has 0 saturated heterocycles. The van der Waals surface area contributed by atoms with Crippen LogP contribution in [0, 0.1) is 29.1 Å². The Morgan fingerprint density at radius 2 is 1.35 bits per heavy atom. The van der Waals surface area contributed by atoms with Crippen molar-refractivity contribution in [2.75, 3.05) is 26.2 Å². The topological polar surface area (TPSA) is 40.6 Å². The number of allylic oxidation sites excluding steroid dienone is 2. The predicted octanol–water partition coefficient (Wildman–Crippen LogP) is 7.09. The van der Waals surface area contributed by atoms with Gasteiger partial charge in [-0.25, -0.2) is 0 Å². The number of carbonyl (C=O) groups is 2. The Labute approximate surface area is 210 Å². The molecular formula is C30H54N2O2. The van der Waals surface area contributed by atoms with E-state index < -0.39 is 0 Å². The smallest absolute Gasteiger partial charge is 0.227 e. The number of carbonyl (C=O) groups excluding carboxylic acids is 2. The molecule has 1 fully saturated rings. The molecule has 4 unspecified atom stereocenters. The van der Waals surface area contributed by atoms with E-state index in [2.05, 4.69) is 63.5 Å². The van der Waals surface area contributed by atoms with E-state index in [1.807, 2.05) is 0 Å². The van der Waals surface area contributed by atoms with Crippen LogP contribution in [0.2, 0.25) is 0 Å². The maximum Gasteiger partial charge on any atom is 0.227 e. The molecule has 2 aliphatic carbocycles. The molecule has 0 aliphatic heterocycles. The first kappa shape index (κ1) is 28.9. The van der Waals surface area contributed by atoms with Crippen molar-refractivity contribution in [3.63, 3.8) is 0 Å². The molecule has 0 spiro atoms. The zero-order chi connectivity index (χ0) is 25.1. The highest BCUT2D eigenvalue weighted by Gasteiger charge is 2.56. The van der Waals surface area contributed by atoms with E-state index >= 15 is 0 Å². The minimum absolute atomic E-state index is 0.149. The number of fused-ring (bicyclic) bond motifs is 2. The minimum Gasteiger partial charge on any atom is -0.343 e. The summed E-state index contributed by atoms with van der Waals surface area (Å²) in [5, 5.41) is 0. The fourth-order valence-corrected chi connectivity index (χ4v) is 6.42. The monoisotopic (exact) mass is 474 g/mol. The highest BCUT2D eigenvalue weighted by Crippen LogP contribution is 2.60. The van der Waals surface area contributed by atoms with Crippen molar-refractivity contribution in [3.8, 4) is 0 Å². The lowest BCUT2D eigenvalue weighted by Crippen LogP contribution is -2.49. The lowest BCUT2D eigenvalue weighted by molar-refractivity contribution is -0.146. The number of amides is 2. The second-order valence-corrected chi connectivity index (χ2v) is 11.4. The van der Waals surface area contributed by atoms with Crippen LogP contribution in [0.25, 0.3) is 0 Å². The molecule has 34 heavy (non-hydrogen) atoms. The van der Waals surface area contributed by atoms with Crippen LogP contribution >= 0.6 is 0 Å². The molecule has 0 aromatic rings. The Hall–Kier alpha value is -1.32. The number of rotatable bonds is 17. The standard InChI is InChI=1S/C30H54N2O2/c1-7-11-17-31(18-12-8-2)28(33)22-27(29(34)32(19-13-9-3)20-14-10-4)30-16-15-25(23-30)21-26(30)24(5)6/h15-16,24-27H,7-14,17-23H2,1-6H3. The number of nitrogens with zero attached hydrogens (tertiary/aromatic N) is 2. The molecule has 0 heterocycles. The number of hydrogen-bond donors (Lipinski definition) is 0. The van der Waals surface area contributed by atoms with E-state index in [4.69, 9.17) is 0 Å². The Morgan fingerprint density at radius 1 is 0.853 bits per heavy atom. The fourth-order valence-electron chi connectivity index (χ4n) is 6.42. The highest BCUT2D eigenvalue weighted by atomic mass is 16.2. The van der Waals surface area contributed by atoms with Crippen LogP contribution in [0.15, 0.2) is 12.2 Å². The fraction of sp³-hybridized carbons (Fsp3) is 0.867. The summed E-state index contributed by atoms with van der Waals surface area (Å²) in [5.74, 6) is 1.81. The summed E-state index contributed by atoms with van der Waals surface area (Å²) in [6.07, 6.45) is 15.8. The molecular weight excluding hydrogens is 420 g/mol. The molecule has 2 aliphatic rings. The quantitative estimate of drug-likeness (QED) is 0.211. The van der Waals surface area contributed by atoms with Crippen LogP contribution in [0.3, 0.4) is 0 Å². The van der Waals surface area contributed by atoms with Crippen molar-refractivity contribution < 1.29 is 9.59 Å². The third kappa shape index (κ3) is 7.10. The zero-order valence-corrected chi connectivity index (χ0v) is 23.3. The SMILES string of the molecule is CCCCN(CCCC)C(=O)CC(C(=O)N(CCCC)CCCC)C12C=CC(CC1C(C)C)C2. The summed E-state index contributed by atoms with van der Waals surface area (Å²) in [6, 6.07) is 0. The highest BCUT2D eigenvalue weighted by molar-refractivity contribution is 5.87. The Kier molecular flexibility index (Phi) is 12.2. The number of unbranched alkanes of at least 4 members (excludes halogenated alkanes) is 4. The van der Waals surface area contributed by atoms with Gasteiger partial charge in [-0.15, -0.1) is 0 Å². The molecule has 0 radical (unpaired) electrons. The minimum atomic E-state index is -0.226. The molecule has 2 amide bonds. The van der Waals surface area contributed by atoms with Gasteiger partial charge in [0.1, 0.15) is 0 Å². The molecule has 4 heteroatoms. The molecule has 0 aromatic carbocycles. The Balaban J connectivity index is 2.37. The van der Waals surface area contributed by atoms with Crippen LogP contribution in [0.1, 0.15) is 112 Å². The van der Waals surface area contributed by atoms with Gasteiger partial charge in [-0.05, 0) is 56.3 Å². The van der Waals surface area contributed by atoms with E-state index in [0.717, 1.165) is 84.0 Å². The summed E-state index contributed by atoms with van der Waals surface area (Å²) in [5.41, 5.74) is -0.149. The van der Waals surface area contributed by atoms with Crippen molar-refractivity contribution in [1.82, 2.24) is 9.80 Å². The van der Waals surface area contributed by atoms with Gasteiger partial charge >= 0.3 is 0 Å².